The van der Waals surface area contributed by atoms with Gasteiger partial charge in [-0.05, 0) is 54.1 Å². The summed E-state index contributed by atoms with van der Waals surface area (Å²) in [5.41, 5.74) is 1.76. The summed E-state index contributed by atoms with van der Waals surface area (Å²) in [4.78, 5) is 27.4. The van der Waals surface area contributed by atoms with Crippen molar-refractivity contribution in [1.82, 2.24) is 0 Å². The Morgan fingerprint density at radius 1 is 0.897 bits per heavy atom. The summed E-state index contributed by atoms with van der Waals surface area (Å²) in [5.74, 6) is -1.64. The number of carbonyl (C=O) groups excluding carboxylic acids is 2. The second kappa shape index (κ2) is 7.85. The first-order valence-electron chi connectivity index (χ1n) is 8.85. The molecule has 0 aliphatic carbocycles. The van der Waals surface area contributed by atoms with Gasteiger partial charge in [0.1, 0.15) is 5.76 Å². The van der Waals surface area contributed by atoms with Crippen molar-refractivity contribution in [2.75, 3.05) is 4.90 Å². The van der Waals surface area contributed by atoms with Crippen LogP contribution in [0.5, 0.6) is 0 Å². The van der Waals surface area contributed by atoms with E-state index < -0.39 is 17.7 Å². The number of hydrogen-bond acceptors (Lipinski definition) is 3. The van der Waals surface area contributed by atoms with Crippen molar-refractivity contribution in [3.8, 4) is 0 Å². The van der Waals surface area contributed by atoms with Crippen LogP contribution in [0.2, 0.25) is 5.02 Å². The molecule has 1 fully saturated rings. The highest BCUT2D eigenvalue weighted by molar-refractivity contribution is 9.10. The summed E-state index contributed by atoms with van der Waals surface area (Å²) in [6.45, 7) is 0. The molecule has 1 atom stereocenters. The van der Waals surface area contributed by atoms with E-state index >= 15 is 0 Å². The smallest absolute Gasteiger partial charge is 0.300 e. The van der Waals surface area contributed by atoms with E-state index in [1.54, 1.807) is 48.5 Å². The Morgan fingerprint density at radius 3 is 2.14 bits per heavy atom. The van der Waals surface area contributed by atoms with Gasteiger partial charge in [0.05, 0.1) is 11.6 Å². The maximum atomic E-state index is 13.0. The van der Waals surface area contributed by atoms with Crippen LogP contribution in [0.15, 0.2) is 88.9 Å². The van der Waals surface area contributed by atoms with Gasteiger partial charge in [-0.15, -0.1) is 0 Å². The minimum absolute atomic E-state index is 0.0449. The van der Waals surface area contributed by atoms with E-state index in [4.69, 9.17) is 11.6 Å². The van der Waals surface area contributed by atoms with E-state index in [1.165, 1.54) is 4.90 Å². The molecule has 0 spiro atoms. The molecule has 0 bridgehead atoms. The lowest BCUT2D eigenvalue weighted by Gasteiger charge is -2.25. The normalized spacial score (nSPS) is 18.3. The van der Waals surface area contributed by atoms with Gasteiger partial charge in [-0.3, -0.25) is 14.5 Å². The Kier molecular flexibility index (Phi) is 5.26. The predicted molar refractivity (Wildman–Crippen MR) is 117 cm³/mol. The fourth-order valence-corrected chi connectivity index (χ4v) is 3.80. The van der Waals surface area contributed by atoms with Gasteiger partial charge < -0.3 is 5.11 Å². The van der Waals surface area contributed by atoms with Crippen molar-refractivity contribution in [3.05, 3.63) is 105 Å². The molecule has 1 N–H and O–H groups in total. The van der Waals surface area contributed by atoms with Gasteiger partial charge in [0.15, 0.2) is 0 Å². The molecule has 1 aliphatic heterocycles. The molecule has 1 aliphatic rings. The fourth-order valence-electron chi connectivity index (χ4n) is 3.41. The lowest BCUT2D eigenvalue weighted by molar-refractivity contribution is -0.132. The summed E-state index contributed by atoms with van der Waals surface area (Å²) in [5, 5.41) is 11.5. The average Bonchev–Trinajstić information content (AvgIpc) is 3.00. The Hall–Kier alpha value is -2.89. The number of aliphatic hydroxyl groups excluding tert-OH is 1. The number of hydrogen-bond donors (Lipinski definition) is 1. The van der Waals surface area contributed by atoms with Crippen LogP contribution in [0.25, 0.3) is 5.76 Å². The molecule has 0 saturated carbocycles. The van der Waals surface area contributed by atoms with Crippen molar-refractivity contribution < 1.29 is 14.7 Å². The quantitative estimate of drug-likeness (QED) is 0.303. The van der Waals surface area contributed by atoms with Crippen LogP contribution in [0.1, 0.15) is 17.2 Å². The Balaban J connectivity index is 1.94. The zero-order chi connectivity index (χ0) is 20.5. The summed E-state index contributed by atoms with van der Waals surface area (Å²) in [6.07, 6.45) is 0. The lowest BCUT2D eigenvalue weighted by atomic mass is 9.95. The maximum Gasteiger partial charge on any atom is 0.300 e. The van der Waals surface area contributed by atoms with Crippen LogP contribution in [0, 0.1) is 0 Å². The van der Waals surface area contributed by atoms with Gasteiger partial charge in [-0.2, -0.15) is 0 Å². The van der Waals surface area contributed by atoms with E-state index in [9.17, 15) is 14.7 Å². The highest BCUT2D eigenvalue weighted by Gasteiger charge is 2.46. The predicted octanol–water partition coefficient (Wildman–Crippen LogP) is 5.73. The number of Topliss-reactive ketones (excluding diaryl/α,β-unsaturated/α-hetero) is 1. The van der Waals surface area contributed by atoms with Gasteiger partial charge in [0.2, 0.25) is 0 Å². The van der Waals surface area contributed by atoms with E-state index in [0.29, 0.717) is 21.8 Å². The highest BCUT2D eigenvalue weighted by Crippen LogP contribution is 2.42. The third-order valence-corrected chi connectivity index (χ3v) is 5.56. The van der Waals surface area contributed by atoms with E-state index in [0.717, 1.165) is 4.47 Å². The average molecular weight is 469 g/mol. The van der Waals surface area contributed by atoms with E-state index in [-0.39, 0.29) is 11.3 Å². The third kappa shape index (κ3) is 3.59. The van der Waals surface area contributed by atoms with Crippen molar-refractivity contribution >= 4 is 50.7 Å². The Labute approximate surface area is 181 Å². The zero-order valence-corrected chi connectivity index (χ0v) is 17.4. The van der Waals surface area contributed by atoms with Crippen molar-refractivity contribution in [2.24, 2.45) is 0 Å². The zero-order valence-electron chi connectivity index (χ0n) is 15.0. The topological polar surface area (TPSA) is 57.6 Å². The number of amides is 1. The number of halogens is 2. The molecule has 4 nitrogen and oxygen atoms in total. The van der Waals surface area contributed by atoms with Crippen molar-refractivity contribution in [1.29, 1.82) is 0 Å². The summed E-state index contributed by atoms with van der Waals surface area (Å²) < 4.78 is 0.871. The van der Waals surface area contributed by atoms with Gasteiger partial charge in [0.25, 0.3) is 11.7 Å². The van der Waals surface area contributed by atoms with Gasteiger partial charge in [0, 0.05) is 20.7 Å². The van der Waals surface area contributed by atoms with Gasteiger partial charge in [-0.1, -0.05) is 57.9 Å². The standard InChI is InChI=1S/C23H15BrClNO3/c24-16-10-6-14(7-11-16)20-19(21(27)15-8-12-17(25)13-9-15)22(28)23(29)26(20)18-4-2-1-3-5-18/h1-13,20,27H/b21-19-. The molecular weight excluding hydrogens is 454 g/mol. The molecule has 0 aromatic heterocycles. The number of anilines is 1. The number of ketones is 1. The minimum atomic E-state index is -0.749. The first-order chi connectivity index (χ1) is 14.0. The highest BCUT2D eigenvalue weighted by atomic mass is 79.9. The number of benzene rings is 3. The number of nitrogens with zero attached hydrogens (tertiary/aromatic N) is 1. The SMILES string of the molecule is O=C1C(=O)N(c2ccccc2)C(c2ccc(Br)cc2)/C1=C(/O)c1ccc(Cl)cc1. The summed E-state index contributed by atoms with van der Waals surface area (Å²) in [7, 11) is 0. The lowest BCUT2D eigenvalue weighted by Crippen LogP contribution is -2.29. The first-order valence-corrected chi connectivity index (χ1v) is 10.0. The van der Waals surface area contributed by atoms with Gasteiger partial charge >= 0.3 is 0 Å². The maximum absolute atomic E-state index is 13.0. The first kappa shape index (κ1) is 19.4. The number of rotatable bonds is 3. The van der Waals surface area contributed by atoms with Crippen molar-refractivity contribution in [3.63, 3.8) is 0 Å². The van der Waals surface area contributed by atoms with Crippen molar-refractivity contribution in [2.45, 2.75) is 6.04 Å². The van der Waals surface area contributed by atoms with Crippen LogP contribution >= 0.6 is 27.5 Å². The molecule has 29 heavy (non-hydrogen) atoms. The second-order valence-electron chi connectivity index (χ2n) is 6.56. The molecule has 6 heteroatoms. The van der Waals surface area contributed by atoms with Crippen LogP contribution in [0.4, 0.5) is 5.69 Å². The molecule has 1 saturated heterocycles. The molecule has 1 unspecified atom stereocenters. The molecule has 0 radical (unpaired) electrons. The van der Waals surface area contributed by atoms with Gasteiger partial charge in [-0.25, -0.2) is 0 Å². The van der Waals surface area contributed by atoms with E-state index in [2.05, 4.69) is 15.9 Å². The Bertz CT molecular complexity index is 1110. The number of aliphatic hydroxyl groups is 1. The number of carbonyl (C=O) groups is 2. The molecule has 144 valence electrons. The second-order valence-corrected chi connectivity index (χ2v) is 7.92. The van der Waals surface area contributed by atoms with Crippen LogP contribution < -0.4 is 4.90 Å². The molecule has 4 rings (SSSR count). The molecular formula is C23H15BrClNO3. The fraction of sp³-hybridized carbons (Fsp3) is 0.0435. The molecule has 3 aromatic rings. The van der Waals surface area contributed by atoms with Crippen LogP contribution in [0.3, 0.4) is 0 Å². The largest absolute Gasteiger partial charge is 0.507 e. The van der Waals surface area contributed by atoms with Crippen LogP contribution in [-0.2, 0) is 9.59 Å². The van der Waals surface area contributed by atoms with Crippen LogP contribution in [-0.4, -0.2) is 16.8 Å². The summed E-state index contributed by atoms with van der Waals surface area (Å²) in [6, 6.07) is 22.0. The monoisotopic (exact) mass is 467 g/mol. The third-order valence-electron chi connectivity index (χ3n) is 4.78. The minimum Gasteiger partial charge on any atom is -0.507 e. The molecule has 3 aromatic carbocycles. The van der Waals surface area contributed by atoms with E-state index in [1.807, 2.05) is 30.3 Å². The molecule has 1 amide bonds. The number of para-hydroxylation sites is 1. The molecule has 1 heterocycles. The Morgan fingerprint density at radius 2 is 1.52 bits per heavy atom. The summed E-state index contributed by atoms with van der Waals surface area (Å²) >= 11 is 9.34.